The van der Waals surface area contributed by atoms with Crippen LogP contribution in [0.25, 0.3) is 0 Å². The molecule has 2 aromatic rings. The van der Waals surface area contributed by atoms with Crippen LogP contribution in [0.1, 0.15) is 11.5 Å². The molecule has 2 N–H and O–H groups in total. The summed E-state index contributed by atoms with van der Waals surface area (Å²) in [5, 5.41) is 11.9. The molecule has 0 aliphatic heterocycles. The van der Waals surface area contributed by atoms with Gasteiger partial charge in [-0.15, -0.1) is 0 Å². The minimum absolute atomic E-state index is 0.112. The summed E-state index contributed by atoms with van der Waals surface area (Å²) >= 11 is 0. The second-order valence-corrected chi connectivity index (χ2v) is 3.78. The Kier molecular flexibility index (Phi) is 4.35. The molecule has 19 heavy (non-hydrogen) atoms. The maximum atomic E-state index is 12.0. The first-order valence-corrected chi connectivity index (χ1v) is 5.64. The zero-order valence-corrected chi connectivity index (χ0v) is 9.98. The van der Waals surface area contributed by atoms with Gasteiger partial charge in [-0.3, -0.25) is 0 Å². The minimum Gasteiger partial charge on any atom is -0.462 e. The summed E-state index contributed by atoms with van der Waals surface area (Å²) in [7, 11) is 0. The van der Waals surface area contributed by atoms with E-state index < -0.39 is 6.61 Å². The largest absolute Gasteiger partial charge is 0.462 e. The fraction of sp³-hybridized carbons (Fsp3) is 0.231. The first-order valence-electron chi connectivity index (χ1n) is 5.64. The van der Waals surface area contributed by atoms with Crippen molar-refractivity contribution in [2.45, 2.75) is 19.8 Å². The van der Waals surface area contributed by atoms with Gasteiger partial charge in [-0.2, -0.15) is 8.78 Å². The number of nitrogens with one attached hydrogen (secondary N) is 1. The molecule has 0 fully saturated rings. The topological polar surface area (TPSA) is 54.6 Å². The van der Waals surface area contributed by atoms with E-state index in [0.29, 0.717) is 18.1 Å². The van der Waals surface area contributed by atoms with Gasteiger partial charge in [0.1, 0.15) is 23.9 Å². The average molecular weight is 269 g/mol. The SMILES string of the molecule is OCc1ccc(CNc2ccc(OC(F)F)cc2)o1. The molecule has 6 heteroatoms. The summed E-state index contributed by atoms with van der Waals surface area (Å²) < 4.78 is 33.4. The molecule has 1 aromatic carbocycles. The quantitative estimate of drug-likeness (QED) is 0.846. The number of rotatable bonds is 6. The van der Waals surface area contributed by atoms with Crippen LogP contribution >= 0.6 is 0 Å². The average Bonchev–Trinajstić information content (AvgIpc) is 2.85. The van der Waals surface area contributed by atoms with Gasteiger partial charge in [0.2, 0.25) is 0 Å². The molecule has 0 amide bonds. The van der Waals surface area contributed by atoms with Crippen LogP contribution in [0.4, 0.5) is 14.5 Å². The summed E-state index contributed by atoms with van der Waals surface area (Å²) in [5.74, 6) is 1.29. The molecule has 0 unspecified atom stereocenters. The minimum atomic E-state index is -2.82. The van der Waals surface area contributed by atoms with Crippen LogP contribution in [-0.4, -0.2) is 11.7 Å². The van der Waals surface area contributed by atoms with E-state index in [9.17, 15) is 8.78 Å². The summed E-state index contributed by atoms with van der Waals surface area (Å²) in [6, 6.07) is 9.62. The zero-order chi connectivity index (χ0) is 13.7. The fourth-order valence-corrected chi connectivity index (χ4v) is 1.55. The standard InChI is InChI=1S/C13H13F2NO3/c14-13(15)19-10-3-1-9(2-4-10)16-7-11-5-6-12(8-17)18-11/h1-6,13,16-17H,7-8H2. The number of anilines is 1. The van der Waals surface area contributed by atoms with Gasteiger partial charge in [-0.05, 0) is 36.4 Å². The molecule has 0 spiro atoms. The number of furan rings is 1. The van der Waals surface area contributed by atoms with Gasteiger partial charge in [-0.1, -0.05) is 0 Å². The Morgan fingerprint density at radius 3 is 2.37 bits per heavy atom. The van der Waals surface area contributed by atoms with Crippen LogP contribution in [0.5, 0.6) is 5.75 Å². The van der Waals surface area contributed by atoms with Crippen LogP contribution in [0, 0.1) is 0 Å². The second-order valence-electron chi connectivity index (χ2n) is 3.78. The van der Waals surface area contributed by atoms with Crippen molar-refractivity contribution in [2.75, 3.05) is 5.32 Å². The molecule has 0 bridgehead atoms. The van der Waals surface area contributed by atoms with E-state index in [0.717, 1.165) is 5.69 Å². The molecule has 1 aromatic heterocycles. The Hall–Kier alpha value is -2.08. The first kappa shape index (κ1) is 13.4. The normalized spacial score (nSPS) is 10.7. The number of hydrogen-bond acceptors (Lipinski definition) is 4. The molecule has 0 aliphatic rings. The summed E-state index contributed by atoms with van der Waals surface area (Å²) in [6.07, 6.45) is 0. The van der Waals surface area contributed by atoms with Gasteiger partial charge >= 0.3 is 6.61 Å². The smallest absolute Gasteiger partial charge is 0.387 e. The molecular formula is C13H13F2NO3. The van der Waals surface area contributed by atoms with Crippen molar-refractivity contribution in [1.29, 1.82) is 0 Å². The lowest BCUT2D eigenvalue weighted by Crippen LogP contribution is -2.02. The Balaban J connectivity index is 1.89. The van der Waals surface area contributed by atoms with Crippen LogP contribution in [-0.2, 0) is 13.2 Å². The van der Waals surface area contributed by atoms with Crippen molar-refractivity contribution in [3.8, 4) is 5.75 Å². The van der Waals surface area contributed by atoms with E-state index in [4.69, 9.17) is 9.52 Å². The van der Waals surface area contributed by atoms with Crippen LogP contribution in [0.2, 0.25) is 0 Å². The van der Waals surface area contributed by atoms with Gasteiger partial charge in [0.15, 0.2) is 0 Å². The van der Waals surface area contributed by atoms with Crippen molar-refractivity contribution in [3.63, 3.8) is 0 Å². The van der Waals surface area contributed by atoms with Gasteiger partial charge in [-0.25, -0.2) is 0 Å². The summed E-state index contributed by atoms with van der Waals surface area (Å²) in [4.78, 5) is 0. The van der Waals surface area contributed by atoms with Gasteiger partial charge in [0.05, 0.1) is 6.54 Å². The predicted octanol–water partition coefficient (Wildman–Crippen LogP) is 2.99. The Morgan fingerprint density at radius 2 is 1.79 bits per heavy atom. The molecule has 0 saturated heterocycles. The van der Waals surface area contributed by atoms with Crippen molar-refractivity contribution >= 4 is 5.69 Å². The molecule has 1 heterocycles. The number of alkyl halides is 2. The molecule has 0 radical (unpaired) electrons. The monoisotopic (exact) mass is 269 g/mol. The van der Waals surface area contributed by atoms with Crippen molar-refractivity contribution in [1.82, 2.24) is 0 Å². The lowest BCUT2D eigenvalue weighted by Gasteiger charge is -2.07. The predicted molar refractivity (Wildman–Crippen MR) is 65.0 cm³/mol. The van der Waals surface area contributed by atoms with Gasteiger partial charge in [0, 0.05) is 5.69 Å². The number of aliphatic hydroxyl groups is 1. The Bertz CT molecular complexity index is 511. The molecule has 2 rings (SSSR count). The Morgan fingerprint density at radius 1 is 1.11 bits per heavy atom. The molecule has 0 aliphatic carbocycles. The highest BCUT2D eigenvalue weighted by atomic mass is 19.3. The van der Waals surface area contributed by atoms with Gasteiger partial charge in [0.25, 0.3) is 0 Å². The van der Waals surface area contributed by atoms with E-state index in [2.05, 4.69) is 10.1 Å². The highest BCUT2D eigenvalue weighted by Gasteiger charge is 2.04. The van der Waals surface area contributed by atoms with Crippen molar-refractivity contribution in [3.05, 3.63) is 47.9 Å². The molecule has 4 nitrogen and oxygen atoms in total. The van der Waals surface area contributed by atoms with E-state index in [1.165, 1.54) is 12.1 Å². The molecule has 102 valence electrons. The van der Waals surface area contributed by atoms with Gasteiger partial charge < -0.3 is 19.6 Å². The maximum absolute atomic E-state index is 12.0. The highest BCUT2D eigenvalue weighted by Crippen LogP contribution is 2.18. The zero-order valence-electron chi connectivity index (χ0n) is 9.98. The molecule has 0 saturated carbocycles. The fourth-order valence-electron chi connectivity index (χ4n) is 1.55. The van der Waals surface area contributed by atoms with E-state index in [1.807, 2.05) is 0 Å². The second kappa shape index (κ2) is 6.19. The third kappa shape index (κ3) is 3.96. The lowest BCUT2D eigenvalue weighted by molar-refractivity contribution is -0.0498. The maximum Gasteiger partial charge on any atom is 0.387 e. The van der Waals surface area contributed by atoms with E-state index >= 15 is 0 Å². The van der Waals surface area contributed by atoms with Crippen molar-refractivity contribution in [2.24, 2.45) is 0 Å². The third-order valence-corrected chi connectivity index (χ3v) is 2.42. The van der Waals surface area contributed by atoms with Crippen molar-refractivity contribution < 1.29 is 23.0 Å². The number of halogens is 2. The first-order chi connectivity index (χ1) is 9.17. The summed E-state index contributed by atoms with van der Waals surface area (Å²) in [6.45, 7) is -2.52. The van der Waals surface area contributed by atoms with E-state index in [-0.39, 0.29) is 12.4 Å². The third-order valence-electron chi connectivity index (χ3n) is 2.42. The lowest BCUT2D eigenvalue weighted by atomic mass is 10.3. The number of hydrogen-bond donors (Lipinski definition) is 2. The number of ether oxygens (including phenoxy) is 1. The number of benzene rings is 1. The highest BCUT2D eigenvalue weighted by molar-refractivity contribution is 5.46. The molecule has 0 atom stereocenters. The summed E-state index contributed by atoms with van der Waals surface area (Å²) in [5.41, 5.74) is 0.753. The molecular weight excluding hydrogens is 256 g/mol. The van der Waals surface area contributed by atoms with Crippen LogP contribution in [0.15, 0.2) is 40.8 Å². The number of aliphatic hydroxyl groups excluding tert-OH is 1. The van der Waals surface area contributed by atoms with Crippen LogP contribution in [0.3, 0.4) is 0 Å². The van der Waals surface area contributed by atoms with E-state index in [1.54, 1.807) is 24.3 Å². The Labute approximate surface area is 108 Å². The van der Waals surface area contributed by atoms with Crippen LogP contribution < -0.4 is 10.1 Å².